The van der Waals surface area contributed by atoms with Gasteiger partial charge in [-0.2, -0.15) is 0 Å². The first-order chi connectivity index (χ1) is 8.65. The van der Waals surface area contributed by atoms with Gasteiger partial charge in [-0.15, -0.1) is 0 Å². The van der Waals surface area contributed by atoms with Gasteiger partial charge in [0.2, 0.25) is 0 Å². The average molecular weight is 265 g/mol. The first kappa shape index (κ1) is 15.7. The van der Waals surface area contributed by atoms with Gasteiger partial charge in [0.05, 0.1) is 6.61 Å². The summed E-state index contributed by atoms with van der Waals surface area (Å²) in [5.74, 6) is -0.255. The van der Waals surface area contributed by atoms with Crippen LogP contribution in [0.4, 0.5) is 0 Å². The van der Waals surface area contributed by atoms with Gasteiger partial charge >= 0.3 is 0 Å². The molecule has 19 heavy (non-hydrogen) atoms. The van der Waals surface area contributed by atoms with Crippen LogP contribution in [0.2, 0.25) is 0 Å². The van der Waals surface area contributed by atoms with E-state index in [0.717, 1.165) is 5.56 Å². The minimum atomic E-state index is -1.29. The van der Waals surface area contributed by atoms with E-state index in [-0.39, 0.29) is 17.9 Å². The summed E-state index contributed by atoms with van der Waals surface area (Å²) in [6.07, 6.45) is 0. The summed E-state index contributed by atoms with van der Waals surface area (Å²) >= 11 is 0. The predicted molar refractivity (Wildman–Crippen MR) is 75.2 cm³/mol. The van der Waals surface area contributed by atoms with E-state index >= 15 is 0 Å². The fraction of sp³-hybridized carbons (Fsp3) is 0.533. The van der Waals surface area contributed by atoms with E-state index < -0.39 is 12.2 Å². The molecule has 1 amide bonds. The third-order valence-corrected chi connectivity index (χ3v) is 2.98. The largest absolute Gasteiger partial charge is 0.393 e. The van der Waals surface area contributed by atoms with Crippen molar-refractivity contribution in [1.82, 2.24) is 5.32 Å². The number of amides is 1. The third kappa shape index (κ3) is 4.65. The van der Waals surface area contributed by atoms with Gasteiger partial charge in [0.25, 0.3) is 5.91 Å². The summed E-state index contributed by atoms with van der Waals surface area (Å²) in [4.78, 5) is 11.9. The lowest BCUT2D eigenvalue weighted by Gasteiger charge is -2.21. The Morgan fingerprint density at radius 1 is 1.16 bits per heavy atom. The summed E-state index contributed by atoms with van der Waals surface area (Å²) < 4.78 is 0. The molecule has 4 heteroatoms. The second-order valence-electron chi connectivity index (χ2n) is 6.17. The minimum absolute atomic E-state index is 0.0172. The maximum absolute atomic E-state index is 11.9. The van der Waals surface area contributed by atoms with Crippen molar-refractivity contribution < 1.29 is 15.0 Å². The summed E-state index contributed by atoms with van der Waals surface area (Å²) in [6, 6.07) is 7.39. The van der Waals surface area contributed by atoms with Crippen LogP contribution >= 0.6 is 0 Å². The molecule has 1 rings (SSSR count). The van der Waals surface area contributed by atoms with Gasteiger partial charge in [-0.05, 0) is 30.0 Å². The molecule has 1 aromatic rings. The maximum Gasteiger partial charge on any atom is 0.251 e. The van der Waals surface area contributed by atoms with Crippen LogP contribution in [0.5, 0.6) is 0 Å². The van der Waals surface area contributed by atoms with Gasteiger partial charge < -0.3 is 15.5 Å². The molecule has 0 saturated heterocycles. The fourth-order valence-electron chi connectivity index (χ4n) is 1.55. The molecule has 106 valence electrons. The Hall–Kier alpha value is -1.39. The lowest BCUT2D eigenvalue weighted by Crippen LogP contribution is -2.43. The van der Waals surface area contributed by atoms with Gasteiger partial charge in [0, 0.05) is 12.1 Å². The highest BCUT2D eigenvalue weighted by Crippen LogP contribution is 2.22. The molecule has 1 aromatic carbocycles. The zero-order valence-electron chi connectivity index (χ0n) is 12.0. The number of nitrogens with one attached hydrogen (secondary N) is 1. The van der Waals surface area contributed by atoms with Crippen molar-refractivity contribution in [2.75, 3.05) is 13.2 Å². The number of hydrogen-bond acceptors (Lipinski definition) is 3. The molecule has 4 nitrogen and oxygen atoms in total. The molecule has 3 N–H and O–H groups in total. The molecular formula is C15H23NO3. The molecule has 0 aliphatic carbocycles. The molecule has 1 unspecified atom stereocenters. The van der Waals surface area contributed by atoms with Crippen molar-refractivity contribution in [3.63, 3.8) is 0 Å². The van der Waals surface area contributed by atoms with Crippen molar-refractivity contribution in [1.29, 1.82) is 0 Å². The average Bonchev–Trinajstić information content (AvgIpc) is 2.35. The van der Waals surface area contributed by atoms with Gasteiger partial charge in [-0.3, -0.25) is 4.79 Å². The van der Waals surface area contributed by atoms with Gasteiger partial charge in [-0.25, -0.2) is 0 Å². The number of aliphatic hydroxyl groups excluding tert-OH is 1. The highest BCUT2D eigenvalue weighted by atomic mass is 16.3. The molecule has 0 aromatic heterocycles. The zero-order chi connectivity index (χ0) is 14.7. The summed E-state index contributed by atoms with van der Waals surface area (Å²) in [5, 5.41) is 21.1. The van der Waals surface area contributed by atoms with Crippen molar-refractivity contribution in [3.8, 4) is 0 Å². The molecule has 0 aliphatic rings. The highest BCUT2D eigenvalue weighted by molar-refractivity contribution is 5.94. The zero-order valence-corrected chi connectivity index (χ0v) is 12.0. The van der Waals surface area contributed by atoms with Crippen LogP contribution in [-0.2, 0) is 5.41 Å². The Bertz CT molecular complexity index is 430. The Balaban J connectivity index is 2.69. The van der Waals surface area contributed by atoms with Crippen LogP contribution in [0.15, 0.2) is 24.3 Å². The van der Waals surface area contributed by atoms with E-state index in [1.54, 1.807) is 12.1 Å². The summed E-state index contributed by atoms with van der Waals surface area (Å²) in [7, 11) is 0. The van der Waals surface area contributed by atoms with Crippen LogP contribution in [0, 0.1) is 0 Å². The first-order valence-electron chi connectivity index (χ1n) is 6.38. The van der Waals surface area contributed by atoms with E-state index in [1.807, 2.05) is 12.1 Å². The van der Waals surface area contributed by atoms with Gasteiger partial charge in [0.1, 0.15) is 5.60 Å². The van der Waals surface area contributed by atoms with Crippen LogP contribution in [0.3, 0.4) is 0 Å². The number of benzene rings is 1. The predicted octanol–water partition coefficient (Wildman–Crippen LogP) is 1.46. The molecular weight excluding hydrogens is 242 g/mol. The second kappa shape index (κ2) is 5.72. The van der Waals surface area contributed by atoms with Crippen molar-refractivity contribution >= 4 is 5.91 Å². The lowest BCUT2D eigenvalue weighted by atomic mass is 9.86. The van der Waals surface area contributed by atoms with E-state index in [2.05, 4.69) is 26.1 Å². The quantitative estimate of drug-likeness (QED) is 0.772. The number of rotatable bonds is 4. The molecule has 0 bridgehead atoms. The number of hydrogen-bond donors (Lipinski definition) is 3. The van der Waals surface area contributed by atoms with E-state index in [4.69, 9.17) is 5.11 Å². The van der Waals surface area contributed by atoms with Crippen molar-refractivity contribution in [3.05, 3.63) is 35.4 Å². The molecule has 0 aliphatic heterocycles. The fourth-order valence-corrected chi connectivity index (χ4v) is 1.55. The van der Waals surface area contributed by atoms with Crippen LogP contribution in [-0.4, -0.2) is 34.9 Å². The summed E-state index contributed by atoms with van der Waals surface area (Å²) in [6.45, 7) is 7.43. The third-order valence-electron chi connectivity index (χ3n) is 2.98. The van der Waals surface area contributed by atoms with Gasteiger partial charge in [-0.1, -0.05) is 32.9 Å². The lowest BCUT2D eigenvalue weighted by molar-refractivity contribution is 0.00320. The topological polar surface area (TPSA) is 69.6 Å². The normalized spacial score (nSPS) is 14.8. The number of aliphatic hydroxyl groups is 2. The SMILES string of the molecule is CC(O)(CO)CNC(=O)c1ccc(C(C)(C)C)cc1. The first-order valence-corrected chi connectivity index (χ1v) is 6.38. The Labute approximate surface area is 114 Å². The standard InChI is InChI=1S/C15H23NO3/c1-14(2,3)12-7-5-11(6-8-12)13(18)16-9-15(4,19)10-17/h5-8,17,19H,9-10H2,1-4H3,(H,16,18). The highest BCUT2D eigenvalue weighted by Gasteiger charge is 2.20. The molecule has 1 atom stereocenters. The van der Waals surface area contributed by atoms with Crippen molar-refractivity contribution in [2.45, 2.75) is 38.7 Å². The molecule has 0 radical (unpaired) electrons. The monoisotopic (exact) mass is 265 g/mol. The Kier molecular flexibility index (Phi) is 4.71. The minimum Gasteiger partial charge on any atom is -0.393 e. The molecule has 0 fully saturated rings. The van der Waals surface area contributed by atoms with Crippen molar-refractivity contribution in [2.24, 2.45) is 0 Å². The van der Waals surface area contributed by atoms with E-state index in [0.29, 0.717) is 5.56 Å². The number of carbonyl (C=O) groups excluding carboxylic acids is 1. The Morgan fingerprint density at radius 3 is 2.11 bits per heavy atom. The molecule has 0 saturated carbocycles. The maximum atomic E-state index is 11.9. The van der Waals surface area contributed by atoms with Gasteiger partial charge in [0.15, 0.2) is 0 Å². The molecule has 0 spiro atoms. The van der Waals surface area contributed by atoms with E-state index in [9.17, 15) is 9.90 Å². The second-order valence-corrected chi connectivity index (χ2v) is 6.17. The number of carbonyl (C=O) groups is 1. The van der Waals surface area contributed by atoms with Crippen LogP contribution < -0.4 is 5.32 Å². The van der Waals surface area contributed by atoms with E-state index in [1.165, 1.54) is 6.92 Å². The Morgan fingerprint density at radius 2 is 1.68 bits per heavy atom. The summed E-state index contributed by atoms with van der Waals surface area (Å²) in [5.41, 5.74) is 0.462. The smallest absolute Gasteiger partial charge is 0.251 e. The van der Waals surface area contributed by atoms with Crippen LogP contribution in [0.1, 0.15) is 43.6 Å². The molecule has 0 heterocycles. The van der Waals surface area contributed by atoms with Crippen LogP contribution in [0.25, 0.3) is 0 Å².